The second-order valence-electron chi connectivity index (χ2n) is 6.44. The van der Waals surface area contributed by atoms with Crippen molar-refractivity contribution in [3.05, 3.63) is 59.2 Å². The highest BCUT2D eigenvalue weighted by molar-refractivity contribution is 7.92. The summed E-state index contributed by atoms with van der Waals surface area (Å²) in [4.78, 5) is 21.3. The third kappa shape index (κ3) is 4.71. The smallest absolute Gasteiger partial charge is 0.276 e. The normalized spacial score (nSPS) is 11.3. The number of carbonyl (C=O) groups is 1. The molecule has 1 aromatic carbocycles. The van der Waals surface area contributed by atoms with Crippen LogP contribution in [0.15, 0.2) is 36.4 Å². The van der Waals surface area contributed by atoms with E-state index >= 15 is 0 Å². The van der Waals surface area contributed by atoms with E-state index in [9.17, 15) is 13.2 Å². The van der Waals surface area contributed by atoms with E-state index in [0.717, 1.165) is 17.6 Å². The van der Waals surface area contributed by atoms with Crippen LogP contribution in [0.4, 0.5) is 11.4 Å². The second kappa shape index (κ2) is 7.39. The maximum atomic E-state index is 12.6. The molecule has 0 aliphatic carbocycles. The van der Waals surface area contributed by atoms with E-state index in [-0.39, 0.29) is 5.69 Å². The van der Waals surface area contributed by atoms with Crippen molar-refractivity contribution in [1.82, 2.24) is 19.7 Å². The van der Waals surface area contributed by atoms with Gasteiger partial charge in [0.15, 0.2) is 5.69 Å². The molecule has 0 radical (unpaired) electrons. The summed E-state index contributed by atoms with van der Waals surface area (Å²) in [5.41, 5.74) is 3.31. The molecule has 3 rings (SSSR count). The first-order valence-corrected chi connectivity index (χ1v) is 10.3. The molecule has 0 atom stereocenters. The highest BCUT2D eigenvalue weighted by Gasteiger charge is 2.15. The highest BCUT2D eigenvalue weighted by atomic mass is 32.2. The molecule has 0 saturated carbocycles. The van der Waals surface area contributed by atoms with Gasteiger partial charge in [-0.3, -0.25) is 9.52 Å². The molecule has 0 spiro atoms. The Labute approximate surface area is 162 Å². The first kappa shape index (κ1) is 19.5. The van der Waals surface area contributed by atoms with Gasteiger partial charge in [-0.1, -0.05) is 6.07 Å². The number of hydrogen-bond acceptors (Lipinski definition) is 6. The predicted molar refractivity (Wildman–Crippen MR) is 106 cm³/mol. The number of rotatable bonds is 5. The number of nitrogens with zero attached hydrogens (tertiary/aromatic N) is 4. The molecule has 2 N–H and O–H groups in total. The maximum Gasteiger partial charge on any atom is 0.276 e. The van der Waals surface area contributed by atoms with Crippen LogP contribution in [0.1, 0.15) is 27.6 Å². The minimum atomic E-state index is -3.41. The third-order valence-electron chi connectivity index (χ3n) is 3.70. The van der Waals surface area contributed by atoms with Gasteiger partial charge in [0.25, 0.3) is 11.9 Å². The Bertz CT molecular complexity index is 1130. The zero-order valence-electron chi connectivity index (χ0n) is 15.9. The van der Waals surface area contributed by atoms with E-state index < -0.39 is 15.9 Å². The molecule has 2 heterocycles. The zero-order valence-corrected chi connectivity index (χ0v) is 16.7. The molecule has 2 aromatic heterocycles. The topological polar surface area (TPSA) is 119 Å². The van der Waals surface area contributed by atoms with Crippen molar-refractivity contribution in [3.63, 3.8) is 0 Å². The Morgan fingerprint density at radius 1 is 1.00 bits per heavy atom. The van der Waals surface area contributed by atoms with Crippen molar-refractivity contribution in [3.8, 4) is 5.95 Å². The van der Waals surface area contributed by atoms with Gasteiger partial charge in [-0.25, -0.2) is 23.1 Å². The van der Waals surface area contributed by atoms with E-state index in [4.69, 9.17) is 0 Å². The summed E-state index contributed by atoms with van der Waals surface area (Å²) >= 11 is 0. The molecule has 146 valence electrons. The largest absolute Gasteiger partial charge is 0.321 e. The lowest BCUT2D eigenvalue weighted by atomic mass is 10.2. The van der Waals surface area contributed by atoms with Crippen LogP contribution in [0, 0.1) is 20.8 Å². The molecule has 10 heteroatoms. The summed E-state index contributed by atoms with van der Waals surface area (Å²) in [6.07, 6.45) is 1.06. The Morgan fingerprint density at radius 3 is 2.29 bits per heavy atom. The van der Waals surface area contributed by atoms with E-state index in [1.807, 2.05) is 26.8 Å². The lowest BCUT2D eigenvalue weighted by Crippen LogP contribution is -2.14. The zero-order chi connectivity index (χ0) is 20.5. The fourth-order valence-electron chi connectivity index (χ4n) is 2.66. The minimum absolute atomic E-state index is 0.196. The van der Waals surface area contributed by atoms with Gasteiger partial charge in [0, 0.05) is 22.8 Å². The molecular formula is C18H20N6O3S. The summed E-state index contributed by atoms with van der Waals surface area (Å²) in [7, 11) is -3.41. The molecule has 1 amide bonds. The highest BCUT2D eigenvalue weighted by Crippen LogP contribution is 2.17. The van der Waals surface area contributed by atoms with Crippen LogP contribution in [0.25, 0.3) is 5.95 Å². The number of hydrogen-bond donors (Lipinski definition) is 2. The number of carbonyl (C=O) groups excluding carboxylic acids is 1. The molecule has 9 nitrogen and oxygen atoms in total. The molecule has 0 fully saturated rings. The summed E-state index contributed by atoms with van der Waals surface area (Å²) in [6, 6.07) is 9.89. The molecule has 0 unspecified atom stereocenters. The number of sulfonamides is 1. The van der Waals surface area contributed by atoms with Crippen molar-refractivity contribution in [1.29, 1.82) is 0 Å². The van der Waals surface area contributed by atoms with E-state index in [0.29, 0.717) is 23.0 Å². The fourth-order valence-corrected chi connectivity index (χ4v) is 3.21. The summed E-state index contributed by atoms with van der Waals surface area (Å²) in [5.74, 6) is -0.0314. The summed E-state index contributed by atoms with van der Waals surface area (Å²) in [6.45, 7) is 5.53. The van der Waals surface area contributed by atoms with Crippen LogP contribution >= 0.6 is 0 Å². The van der Waals surface area contributed by atoms with Crippen LogP contribution in [0.3, 0.4) is 0 Å². The molecule has 0 aliphatic heterocycles. The van der Waals surface area contributed by atoms with Crippen molar-refractivity contribution in [2.24, 2.45) is 0 Å². The standard InChI is InChI=1S/C18H20N6O3S/c1-11-8-12(2)20-18(19-11)24-13(3)9-16(22-24)17(25)21-14-6-5-7-15(10-14)23-28(4,26)27/h5-10,23H,1-4H3,(H,21,25). The Kier molecular flexibility index (Phi) is 5.14. The van der Waals surface area contributed by atoms with Crippen LogP contribution in [-0.4, -0.2) is 40.3 Å². The molecule has 0 aliphatic rings. The quantitative estimate of drug-likeness (QED) is 0.678. The van der Waals surface area contributed by atoms with Crippen LogP contribution in [0.5, 0.6) is 0 Å². The van der Waals surface area contributed by atoms with Gasteiger partial charge in [-0.05, 0) is 51.1 Å². The number of anilines is 2. The van der Waals surface area contributed by atoms with Crippen LogP contribution in [-0.2, 0) is 10.0 Å². The van der Waals surface area contributed by atoms with Gasteiger partial charge in [0.2, 0.25) is 10.0 Å². The average molecular weight is 400 g/mol. The van der Waals surface area contributed by atoms with Crippen LogP contribution in [0.2, 0.25) is 0 Å². The summed E-state index contributed by atoms with van der Waals surface area (Å²) in [5, 5.41) is 7.02. The average Bonchev–Trinajstić information content (AvgIpc) is 2.94. The summed E-state index contributed by atoms with van der Waals surface area (Å²) < 4.78 is 26.6. The number of amides is 1. The molecule has 3 aromatic rings. The van der Waals surface area contributed by atoms with Gasteiger partial charge in [0.1, 0.15) is 0 Å². The van der Waals surface area contributed by atoms with E-state index in [2.05, 4.69) is 25.1 Å². The fraction of sp³-hybridized carbons (Fsp3) is 0.222. The predicted octanol–water partition coefficient (Wildman–Crippen LogP) is 2.21. The Balaban J connectivity index is 1.83. The van der Waals surface area contributed by atoms with E-state index in [1.165, 1.54) is 10.7 Å². The van der Waals surface area contributed by atoms with Gasteiger partial charge >= 0.3 is 0 Å². The third-order valence-corrected chi connectivity index (χ3v) is 4.31. The van der Waals surface area contributed by atoms with Crippen molar-refractivity contribution >= 4 is 27.3 Å². The Morgan fingerprint density at radius 2 is 1.64 bits per heavy atom. The number of aryl methyl sites for hydroxylation is 3. The second-order valence-corrected chi connectivity index (χ2v) is 8.19. The number of aromatic nitrogens is 4. The van der Waals surface area contributed by atoms with Crippen LogP contribution < -0.4 is 10.0 Å². The maximum absolute atomic E-state index is 12.6. The minimum Gasteiger partial charge on any atom is -0.321 e. The molecular weight excluding hydrogens is 380 g/mol. The van der Waals surface area contributed by atoms with Gasteiger partial charge in [-0.2, -0.15) is 5.10 Å². The molecule has 28 heavy (non-hydrogen) atoms. The first-order chi connectivity index (χ1) is 13.1. The van der Waals surface area contributed by atoms with Gasteiger partial charge in [0.05, 0.1) is 11.9 Å². The van der Waals surface area contributed by atoms with Crippen molar-refractivity contribution < 1.29 is 13.2 Å². The van der Waals surface area contributed by atoms with E-state index in [1.54, 1.807) is 24.3 Å². The lowest BCUT2D eigenvalue weighted by Gasteiger charge is -2.07. The van der Waals surface area contributed by atoms with Crippen molar-refractivity contribution in [2.45, 2.75) is 20.8 Å². The SMILES string of the molecule is Cc1cc(C)nc(-n2nc(C(=O)Nc3cccc(NS(C)(=O)=O)c3)cc2C)n1. The van der Waals surface area contributed by atoms with Gasteiger partial charge < -0.3 is 5.32 Å². The molecule has 0 saturated heterocycles. The monoisotopic (exact) mass is 400 g/mol. The van der Waals surface area contributed by atoms with Gasteiger partial charge in [-0.15, -0.1) is 0 Å². The van der Waals surface area contributed by atoms with Crippen molar-refractivity contribution in [2.75, 3.05) is 16.3 Å². The number of benzene rings is 1. The Hall–Kier alpha value is -3.27. The number of nitrogens with one attached hydrogen (secondary N) is 2. The lowest BCUT2D eigenvalue weighted by molar-refractivity contribution is 0.102. The molecule has 0 bridgehead atoms. The first-order valence-electron chi connectivity index (χ1n) is 8.39.